The maximum atomic E-state index is 12.2. The van der Waals surface area contributed by atoms with Crippen molar-refractivity contribution in [2.24, 2.45) is 0 Å². The number of pyridine rings is 1. The second-order valence-corrected chi connectivity index (χ2v) is 7.40. The Morgan fingerprint density at radius 3 is 2.86 bits per heavy atom. The molecule has 0 unspecified atom stereocenters. The molecule has 0 aliphatic rings. The number of thioether (sulfide) groups is 1. The van der Waals surface area contributed by atoms with Crippen LogP contribution in [0.4, 0.5) is 0 Å². The third kappa shape index (κ3) is 4.09. The number of aromatic nitrogens is 4. The summed E-state index contributed by atoms with van der Waals surface area (Å²) in [5, 5.41) is 3.77. The monoisotopic (exact) mass is 391 g/mol. The van der Waals surface area contributed by atoms with Crippen molar-refractivity contribution in [2.75, 3.05) is 12.3 Å². The lowest BCUT2D eigenvalue weighted by atomic mass is 10.2. The molecule has 0 saturated heterocycles. The summed E-state index contributed by atoms with van der Waals surface area (Å²) in [5.41, 5.74) is 4.13. The maximum Gasteiger partial charge on any atom is 0.230 e. The number of aryl methyl sites for hydroxylation is 1. The van der Waals surface area contributed by atoms with Gasteiger partial charge in [0.2, 0.25) is 5.91 Å². The fraction of sp³-hybridized carbons (Fsp3) is 0.190. The predicted molar refractivity (Wildman–Crippen MR) is 111 cm³/mol. The lowest BCUT2D eigenvalue weighted by Gasteiger charge is -2.10. The highest BCUT2D eigenvalue weighted by Gasteiger charge is 2.10. The standard InChI is InChI=1S/C21H21N5OS/c1-16-6-2-3-7-18(16)26-13-11-23-21(26)28-15-20(27)22-10-9-17-14-25-12-5-4-8-19(25)24-17/h2-8,11-14H,9-10,15H2,1H3,(H,22,27). The Labute approximate surface area is 167 Å². The number of benzene rings is 1. The summed E-state index contributed by atoms with van der Waals surface area (Å²) in [7, 11) is 0. The molecular formula is C21H21N5OS. The highest BCUT2D eigenvalue weighted by Crippen LogP contribution is 2.22. The van der Waals surface area contributed by atoms with Crippen molar-refractivity contribution in [3.63, 3.8) is 0 Å². The van der Waals surface area contributed by atoms with Gasteiger partial charge in [-0.25, -0.2) is 9.97 Å². The first-order chi connectivity index (χ1) is 13.7. The van der Waals surface area contributed by atoms with E-state index in [0.29, 0.717) is 18.7 Å². The average molecular weight is 392 g/mol. The van der Waals surface area contributed by atoms with Gasteiger partial charge in [-0.3, -0.25) is 9.36 Å². The van der Waals surface area contributed by atoms with Gasteiger partial charge in [0.1, 0.15) is 5.65 Å². The van der Waals surface area contributed by atoms with Crippen molar-refractivity contribution in [3.05, 3.63) is 78.5 Å². The quantitative estimate of drug-likeness (QED) is 0.491. The van der Waals surface area contributed by atoms with Crippen molar-refractivity contribution in [3.8, 4) is 5.69 Å². The Kier molecular flexibility index (Phi) is 5.43. The summed E-state index contributed by atoms with van der Waals surface area (Å²) in [4.78, 5) is 21.2. The first-order valence-electron chi connectivity index (χ1n) is 9.12. The molecule has 7 heteroatoms. The van der Waals surface area contributed by atoms with Crippen LogP contribution in [0.2, 0.25) is 0 Å². The van der Waals surface area contributed by atoms with Crippen molar-refractivity contribution in [1.82, 2.24) is 24.3 Å². The van der Waals surface area contributed by atoms with E-state index in [9.17, 15) is 4.79 Å². The minimum Gasteiger partial charge on any atom is -0.355 e. The molecule has 6 nitrogen and oxygen atoms in total. The highest BCUT2D eigenvalue weighted by atomic mass is 32.2. The fourth-order valence-corrected chi connectivity index (χ4v) is 3.83. The molecule has 28 heavy (non-hydrogen) atoms. The van der Waals surface area contributed by atoms with E-state index in [2.05, 4.69) is 34.3 Å². The number of rotatable bonds is 7. The predicted octanol–water partition coefficient (Wildman–Crippen LogP) is 3.28. The number of nitrogens with one attached hydrogen (secondary N) is 1. The Morgan fingerprint density at radius 2 is 2.00 bits per heavy atom. The zero-order chi connectivity index (χ0) is 19.3. The van der Waals surface area contributed by atoms with Gasteiger partial charge in [0.25, 0.3) is 0 Å². The van der Waals surface area contributed by atoms with E-state index in [-0.39, 0.29) is 5.91 Å². The molecule has 0 saturated carbocycles. The highest BCUT2D eigenvalue weighted by molar-refractivity contribution is 7.99. The number of hydrogen-bond donors (Lipinski definition) is 1. The largest absolute Gasteiger partial charge is 0.355 e. The average Bonchev–Trinajstić information content (AvgIpc) is 3.33. The zero-order valence-electron chi connectivity index (χ0n) is 15.6. The van der Waals surface area contributed by atoms with Crippen LogP contribution in [0.3, 0.4) is 0 Å². The van der Waals surface area contributed by atoms with Crippen LogP contribution in [0.15, 0.2) is 72.4 Å². The number of imidazole rings is 2. The summed E-state index contributed by atoms with van der Waals surface area (Å²) in [5.74, 6) is 0.321. The van der Waals surface area contributed by atoms with Crippen LogP contribution in [0.25, 0.3) is 11.3 Å². The van der Waals surface area contributed by atoms with E-state index in [0.717, 1.165) is 22.2 Å². The zero-order valence-corrected chi connectivity index (χ0v) is 16.4. The van der Waals surface area contributed by atoms with Crippen molar-refractivity contribution < 1.29 is 4.79 Å². The number of para-hydroxylation sites is 1. The molecule has 0 fully saturated rings. The minimum absolute atomic E-state index is 0.00639. The molecule has 3 aromatic heterocycles. The van der Waals surface area contributed by atoms with Crippen LogP contribution in [-0.2, 0) is 11.2 Å². The number of amides is 1. The van der Waals surface area contributed by atoms with Crippen molar-refractivity contribution in [2.45, 2.75) is 18.5 Å². The molecule has 0 bridgehead atoms. The second-order valence-electron chi connectivity index (χ2n) is 6.45. The van der Waals surface area contributed by atoms with E-state index in [1.807, 2.05) is 57.9 Å². The van der Waals surface area contributed by atoms with E-state index in [1.165, 1.54) is 17.3 Å². The van der Waals surface area contributed by atoms with E-state index >= 15 is 0 Å². The van der Waals surface area contributed by atoms with Gasteiger partial charge in [0.05, 0.1) is 17.1 Å². The Bertz CT molecular complexity index is 1070. The topological polar surface area (TPSA) is 64.2 Å². The van der Waals surface area contributed by atoms with Gasteiger partial charge in [0.15, 0.2) is 5.16 Å². The number of nitrogens with zero attached hydrogens (tertiary/aromatic N) is 4. The van der Waals surface area contributed by atoms with Crippen molar-refractivity contribution in [1.29, 1.82) is 0 Å². The normalized spacial score (nSPS) is 11.0. The molecule has 4 aromatic rings. The third-order valence-electron chi connectivity index (χ3n) is 4.43. The summed E-state index contributed by atoms with van der Waals surface area (Å²) in [6, 6.07) is 14.0. The van der Waals surface area contributed by atoms with Gasteiger partial charge in [-0.2, -0.15) is 0 Å². The number of carbonyl (C=O) groups excluding carboxylic acids is 1. The van der Waals surface area contributed by atoms with Gasteiger partial charge in [0, 0.05) is 37.8 Å². The summed E-state index contributed by atoms with van der Waals surface area (Å²) < 4.78 is 4.00. The van der Waals surface area contributed by atoms with Crippen LogP contribution in [0.1, 0.15) is 11.3 Å². The van der Waals surface area contributed by atoms with Gasteiger partial charge >= 0.3 is 0 Å². The Balaban J connectivity index is 1.29. The van der Waals surface area contributed by atoms with Crippen LogP contribution in [0, 0.1) is 6.92 Å². The van der Waals surface area contributed by atoms with E-state index in [4.69, 9.17) is 0 Å². The summed E-state index contributed by atoms with van der Waals surface area (Å²) in [6.45, 7) is 2.63. The number of hydrogen-bond acceptors (Lipinski definition) is 4. The third-order valence-corrected chi connectivity index (χ3v) is 5.40. The smallest absolute Gasteiger partial charge is 0.230 e. The summed E-state index contributed by atoms with van der Waals surface area (Å²) >= 11 is 1.44. The molecule has 0 atom stereocenters. The minimum atomic E-state index is -0.00639. The molecular weight excluding hydrogens is 370 g/mol. The fourth-order valence-electron chi connectivity index (χ4n) is 3.03. The van der Waals surface area contributed by atoms with E-state index in [1.54, 1.807) is 6.20 Å². The lowest BCUT2D eigenvalue weighted by Crippen LogP contribution is -2.27. The van der Waals surface area contributed by atoms with Crippen molar-refractivity contribution >= 4 is 23.3 Å². The molecule has 0 radical (unpaired) electrons. The van der Waals surface area contributed by atoms with E-state index < -0.39 is 0 Å². The van der Waals surface area contributed by atoms with Crippen LogP contribution < -0.4 is 5.32 Å². The molecule has 0 aliphatic heterocycles. The molecule has 1 aromatic carbocycles. The maximum absolute atomic E-state index is 12.2. The number of carbonyl (C=O) groups is 1. The molecule has 1 amide bonds. The molecule has 1 N–H and O–H groups in total. The van der Waals surface area contributed by atoms with Gasteiger partial charge < -0.3 is 9.72 Å². The van der Waals surface area contributed by atoms with Crippen LogP contribution in [0.5, 0.6) is 0 Å². The Morgan fingerprint density at radius 1 is 1.14 bits per heavy atom. The van der Waals surface area contributed by atoms with Gasteiger partial charge in [-0.15, -0.1) is 0 Å². The van der Waals surface area contributed by atoms with Crippen LogP contribution in [-0.4, -0.2) is 37.1 Å². The Hall–Kier alpha value is -3.06. The molecule has 0 spiro atoms. The first-order valence-corrected chi connectivity index (χ1v) is 10.1. The van der Waals surface area contributed by atoms with Crippen LogP contribution >= 0.6 is 11.8 Å². The SMILES string of the molecule is Cc1ccccc1-n1ccnc1SCC(=O)NCCc1cn2ccccc2n1. The van der Waals surface area contributed by atoms with Gasteiger partial charge in [-0.1, -0.05) is 36.0 Å². The first kappa shape index (κ1) is 18.3. The molecule has 4 rings (SSSR count). The second kappa shape index (κ2) is 8.31. The molecule has 3 heterocycles. The van der Waals surface area contributed by atoms with Gasteiger partial charge in [-0.05, 0) is 30.7 Å². The number of fused-ring (bicyclic) bond motifs is 1. The molecule has 142 valence electrons. The molecule has 0 aliphatic carbocycles. The lowest BCUT2D eigenvalue weighted by molar-refractivity contribution is -0.118. The summed E-state index contributed by atoms with van der Waals surface area (Å²) in [6.07, 6.45) is 8.35.